The number of imidazole rings is 1. The molecule has 21 heavy (non-hydrogen) atoms. The third-order valence-electron chi connectivity index (χ3n) is 3.07. The maximum absolute atomic E-state index is 12.5. The molecule has 0 unspecified atom stereocenters. The summed E-state index contributed by atoms with van der Waals surface area (Å²) in [5.41, 5.74) is 6.88. The fraction of sp³-hybridized carbons (Fsp3) is 0.143. The average Bonchev–Trinajstić information content (AvgIpc) is 2.79. The molecule has 0 bridgehead atoms. The Kier molecular flexibility index (Phi) is 3.04. The van der Waals surface area contributed by atoms with Crippen LogP contribution in [0.15, 0.2) is 36.4 Å². The number of aromatic amines is 1. The predicted molar refractivity (Wildman–Crippen MR) is 72.6 cm³/mol. The van der Waals surface area contributed by atoms with Crippen molar-refractivity contribution in [3.63, 3.8) is 0 Å². The van der Waals surface area contributed by atoms with Crippen LogP contribution < -0.4 is 5.73 Å². The molecule has 3 aromatic rings. The summed E-state index contributed by atoms with van der Waals surface area (Å²) in [5.74, 6) is 0.998. The van der Waals surface area contributed by atoms with Crippen molar-refractivity contribution in [3.8, 4) is 0 Å². The predicted octanol–water partition coefficient (Wildman–Crippen LogP) is 3.15. The van der Waals surface area contributed by atoms with E-state index in [0.717, 1.165) is 23.2 Å². The first-order valence-electron chi connectivity index (χ1n) is 6.19. The zero-order chi connectivity index (χ0) is 15.0. The van der Waals surface area contributed by atoms with E-state index >= 15 is 0 Å². The van der Waals surface area contributed by atoms with Crippen LogP contribution in [0.3, 0.4) is 0 Å². The van der Waals surface area contributed by atoms with E-state index in [2.05, 4.69) is 15.0 Å². The Morgan fingerprint density at radius 1 is 1.00 bits per heavy atom. The minimum atomic E-state index is -4.32. The van der Waals surface area contributed by atoms with Crippen molar-refractivity contribution in [1.82, 2.24) is 15.0 Å². The molecule has 0 saturated heterocycles. The van der Waals surface area contributed by atoms with Crippen molar-refractivity contribution in [2.24, 2.45) is 0 Å². The zero-order valence-electron chi connectivity index (χ0n) is 10.8. The molecule has 4 nitrogen and oxygen atoms in total. The van der Waals surface area contributed by atoms with Crippen molar-refractivity contribution >= 4 is 17.0 Å². The van der Waals surface area contributed by atoms with Gasteiger partial charge in [0.1, 0.15) is 11.6 Å². The van der Waals surface area contributed by atoms with E-state index in [4.69, 9.17) is 5.73 Å². The van der Waals surface area contributed by atoms with E-state index in [1.54, 1.807) is 12.1 Å². The number of H-pyrrole nitrogens is 1. The number of nitrogens with zero attached hydrogens (tertiary/aromatic N) is 2. The highest BCUT2D eigenvalue weighted by molar-refractivity contribution is 5.72. The van der Waals surface area contributed by atoms with Gasteiger partial charge in [0.25, 0.3) is 0 Å². The lowest BCUT2D eigenvalue weighted by atomic mass is 10.1. The van der Waals surface area contributed by atoms with Gasteiger partial charge in [0, 0.05) is 6.42 Å². The molecule has 0 aliphatic rings. The van der Waals surface area contributed by atoms with Gasteiger partial charge < -0.3 is 10.7 Å². The zero-order valence-corrected chi connectivity index (χ0v) is 10.8. The van der Waals surface area contributed by atoms with E-state index in [1.807, 2.05) is 0 Å². The Hall–Kier alpha value is -2.57. The van der Waals surface area contributed by atoms with Crippen LogP contribution in [0.25, 0.3) is 11.2 Å². The van der Waals surface area contributed by atoms with Crippen LogP contribution >= 0.6 is 0 Å². The number of nitrogens with one attached hydrogen (secondary N) is 1. The fourth-order valence-corrected chi connectivity index (χ4v) is 2.05. The average molecular weight is 292 g/mol. The molecule has 0 saturated carbocycles. The summed E-state index contributed by atoms with van der Waals surface area (Å²) in [7, 11) is 0. The normalized spacial score (nSPS) is 12.0. The molecular formula is C14H11F3N4. The summed E-state index contributed by atoms with van der Waals surface area (Å²) in [6.45, 7) is 0. The van der Waals surface area contributed by atoms with E-state index in [-0.39, 0.29) is 0 Å². The van der Waals surface area contributed by atoms with Gasteiger partial charge in [-0.3, -0.25) is 0 Å². The Bertz CT molecular complexity index is 775. The molecule has 1 aromatic carbocycles. The number of hydrogen-bond donors (Lipinski definition) is 2. The lowest BCUT2D eigenvalue weighted by molar-refractivity contribution is -0.137. The Balaban J connectivity index is 1.84. The topological polar surface area (TPSA) is 67.6 Å². The van der Waals surface area contributed by atoms with Gasteiger partial charge in [0.05, 0.1) is 11.1 Å². The molecule has 0 fully saturated rings. The summed E-state index contributed by atoms with van der Waals surface area (Å²) >= 11 is 0. The molecule has 2 aromatic heterocycles. The molecule has 0 radical (unpaired) electrons. The lowest BCUT2D eigenvalue weighted by Crippen LogP contribution is -2.04. The Morgan fingerprint density at radius 3 is 2.38 bits per heavy atom. The molecule has 0 aliphatic carbocycles. The number of hydrogen-bond acceptors (Lipinski definition) is 3. The molecule has 108 valence electrons. The number of alkyl halides is 3. The van der Waals surface area contributed by atoms with Gasteiger partial charge >= 0.3 is 6.18 Å². The number of anilines is 1. The maximum Gasteiger partial charge on any atom is 0.416 e. The largest absolute Gasteiger partial charge is 0.416 e. The number of benzene rings is 1. The SMILES string of the molecule is Nc1ccc2[nH]c(Cc3ccc(C(F)(F)F)cc3)nc2n1. The monoisotopic (exact) mass is 292 g/mol. The van der Waals surface area contributed by atoms with Gasteiger partial charge in [0.2, 0.25) is 0 Å². The smallest absolute Gasteiger partial charge is 0.384 e. The molecule has 3 N–H and O–H groups in total. The third kappa shape index (κ3) is 2.81. The first-order chi connectivity index (χ1) is 9.91. The van der Waals surface area contributed by atoms with Crippen LogP contribution in [-0.4, -0.2) is 15.0 Å². The minimum Gasteiger partial charge on any atom is -0.384 e. The van der Waals surface area contributed by atoms with Crippen LogP contribution in [0, 0.1) is 0 Å². The standard InChI is InChI=1S/C14H11F3N4/c15-14(16,17)9-3-1-8(2-4-9)7-12-19-10-5-6-11(18)20-13(10)21-12/h1-6H,7H2,(H3,18,19,20,21). The number of fused-ring (bicyclic) bond motifs is 1. The molecule has 0 spiro atoms. The van der Waals surface area contributed by atoms with E-state index < -0.39 is 11.7 Å². The molecule has 0 atom stereocenters. The number of nitrogens with two attached hydrogens (primary N) is 1. The van der Waals surface area contributed by atoms with Crippen molar-refractivity contribution < 1.29 is 13.2 Å². The second-order valence-corrected chi connectivity index (χ2v) is 4.66. The number of nitrogen functional groups attached to an aromatic ring is 1. The van der Waals surface area contributed by atoms with Crippen LogP contribution in [0.4, 0.5) is 19.0 Å². The number of aromatic nitrogens is 3. The molecule has 0 amide bonds. The quantitative estimate of drug-likeness (QED) is 0.762. The first-order valence-corrected chi connectivity index (χ1v) is 6.19. The van der Waals surface area contributed by atoms with Gasteiger partial charge in [-0.15, -0.1) is 0 Å². The van der Waals surface area contributed by atoms with E-state index in [9.17, 15) is 13.2 Å². The van der Waals surface area contributed by atoms with Gasteiger partial charge in [-0.2, -0.15) is 13.2 Å². The van der Waals surface area contributed by atoms with Crippen molar-refractivity contribution in [1.29, 1.82) is 0 Å². The third-order valence-corrected chi connectivity index (χ3v) is 3.07. The highest BCUT2D eigenvalue weighted by Gasteiger charge is 2.29. The number of pyridine rings is 1. The molecule has 7 heteroatoms. The van der Waals surface area contributed by atoms with Crippen LogP contribution in [0.2, 0.25) is 0 Å². The summed E-state index contributed by atoms with van der Waals surface area (Å²) < 4.78 is 37.5. The van der Waals surface area contributed by atoms with E-state index in [1.165, 1.54) is 12.1 Å². The van der Waals surface area contributed by atoms with Crippen molar-refractivity contribution in [2.75, 3.05) is 5.73 Å². The Labute approximate surface area is 117 Å². The Morgan fingerprint density at radius 2 is 1.71 bits per heavy atom. The summed E-state index contributed by atoms with van der Waals surface area (Å²) in [5, 5.41) is 0. The van der Waals surface area contributed by atoms with Gasteiger partial charge in [-0.25, -0.2) is 9.97 Å². The molecule has 2 heterocycles. The molecular weight excluding hydrogens is 281 g/mol. The number of halogens is 3. The van der Waals surface area contributed by atoms with Gasteiger partial charge in [-0.1, -0.05) is 12.1 Å². The lowest BCUT2D eigenvalue weighted by Gasteiger charge is -2.06. The first kappa shape index (κ1) is 13.4. The highest BCUT2D eigenvalue weighted by atomic mass is 19.4. The van der Waals surface area contributed by atoms with Crippen molar-refractivity contribution in [2.45, 2.75) is 12.6 Å². The van der Waals surface area contributed by atoms with Crippen LogP contribution in [0.1, 0.15) is 17.0 Å². The number of rotatable bonds is 2. The summed E-state index contributed by atoms with van der Waals surface area (Å²) in [6, 6.07) is 8.43. The fourth-order valence-electron chi connectivity index (χ4n) is 2.05. The van der Waals surface area contributed by atoms with Crippen molar-refractivity contribution in [3.05, 3.63) is 53.3 Å². The van der Waals surface area contributed by atoms with Gasteiger partial charge in [0.15, 0.2) is 5.65 Å². The summed E-state index contributed by atoms with van der Waals surface area (Å²) in [6.07, 6.45) is -3.92. The summed E-state index contributed by atoms with van der Waals surface area (Å²) in [4.78, 5) is 11.4. The van der Waals surface area contributed by atoms with Crippen LogP contribution in [0.5, 0.6) is 0 Å². The molecule has 0 aliphatic heterocycles. The maximum atomic E-state index is 12.5. The van der Waals surface area contributed by atoms with E-state index in [0.29, 0.717) is 23.7 Å². The van der Waals surface area contributed by atoms with Gasteiger partial charge in [-0.05, 0) is 29.8 Å². The molecule has 3 rings (SSSR count). The highest BCUT2D eigenvalue weighted by Crippen LogP contribution is 2.29. The van der Waals surface area contributed by atoms with Crippen LogP contribution in [-0.2, 0) is 12.6 Å². The minimum absolute atomic E-state index is 0.370. The second-order valence-electron chi connectivity index (χ2n) is 4.66. The second kappa shape index (κ2) is 4.76.